The molecule has 0 spiro atoms. The number of carbonyl (C=O) groups excluding carboxylic acids is 2. The fraction of sp³-hybridized carbons (Fsp3) is 0.636. The average Bonchev–Trinajstić information content (AvgIpc) is 2.67. The zero-order valence-corrected chi connectivity index (χ0v) is 17.8. The van der Waals surface area contributed by atoms with Gasteiger partial charge in [-0.3, -0.25) is 9.59 Å². The maximum absolute atomic E-state index is 12.9. The van der Waals surface area contributed by atoms with Gasteiger partial charge in [0.05, 0.1) is 5.56 Å². The van der Waals surface area contributed by atoms with Crippen LogP contribution in [-0.4, -0.2) is 44.7 Å². The summed E-state index contributed by atoms with van der Waals surface area (Å²) >= 11 is 0. The van der Waals surface area contributed by atoms with Gasteiger partial charge in [0.25, 0.3) is 5.91 Å². The van der Waals surface area contributed by atoms with Gasteiger partial charge in [-0.05, 0) is 50.8 Å². The predicted octanol–water partition coefficient (Wildman–Crippen LogP) is 3.82. The quantitative estimate of drug-likeness (QED) is 0.663. The highest BCUT2D eigenvalue weighted by Gasteiger charge is 2.23. The Balaban J connectivity index is 2.17. The molecule has 0 atom stereocenters. The van der Waals surface area contributed by atoms with Crippen LogP contribution in [0.25, 0.3) is 0 Å². The first-order valence-corrected chi connectivity index (χ1v) is 10.4. The fourth-order valence-corrected chi connectivity index (χ4v) is 3.14. The third-order valence-corrected chi connectivity index (χ3v) is 4.83. The predicted molar refractivity (Wildman–Crippen MR) is 114 cm³/mol. The number of benzene rings is 1. The van der Waals surface area contributed by atoms with Gasteiger partial charge in [-0.2, -0.15) is 0 Å². The first-order chi connectivity index (χ1) is 13.3. The van der Waals surface area contributed by atoms with Crippen LogP contribution in [0.1, 0.15) is 63.7 Å². The summed E-state index contributed by atoms with van der Waals surface area (Å²) in [4.78, 5) is 27.5. The molecule has 1 saturated heterocycles. The topological polar surface area (TPSA) is 70.7 Å². The lowest BCUT2D eigenvalue weighted by molar-refractivity contribution is -0.123. The smallest absolute Gasteiger partial charge is 0.253 e. The third-order valence-electron chi connectivity index (χ3n) is 4.83. The van der Waals surface area contributed by atoms with Gasteiger partial charge in [0, 0.05) is 49.6 Å². The van der Waals surface area contributed by atoms with Crippen molar-refractivity contribution < 1.29 is 14.3 Å². The van der Waals surface area contributed by atoms with E-state index in [1.165, 1.54) is 6.42 Å². The minimum absolute atomic E-state index is 0.0682. The lowest BCUT2D eigenvalue weighted by Crippen LogP contribution is -2.33. The van der Waals surface area contributed by atoms with E-state index in [4.69, 9.17) is 4.74 Å². The number of anilines is 2. The van der Waals surface area contributed by atoms with Crippen molar-refractivity contribution >= 4 is 23.2 Å². The van der Waals surface area contributed by atoms with Gasteiger partial charge in [-0.25, -0.2) is 0 Å². The monoisotopic (exact) mass is 389 g/mol. The van der Waals surface area contributed by atoms with Crippen molar-refractivity contribution in [1.82, 2.24) is 5.32 Å². The standard InChI is InChI=1S/C22H35N3O3/c1-5-28-15-9-12-23-20(26)18-16-17(24-21(27)22(2,3)4)10-11-19(18)25-13-7-6-8-14-25/h10-11,16H,5-9,12-15H2,1-4H3,(H,23,26)(H,24,27). The van der Waals surface area contributed by atoms with Crippen LogP contribution in [0.15, 0.2) is 18.2 Å². The maximum Gasteiger partial charge on any atom is 0.253 e. The Labute approximate surface area is 169 Å². The number of amides is 2. The van der Waals surface area contributed by atoms with Crippen LogP contribution in [0.4, 0.5) is 11.4 Å². The molecule has 0 saturated carbocycles. The number of nitrogens with one attached hydrogen (secondary N) is 2. The summed E-state index contributed by atoms with van der Waals surface area (Å²) in [5.41, 5.74) is 1.72. The molecule has 0 unspecified atom stereocenters. The van der Waals surface area contributed by atoms with E-state index in [9.17, 15) is 9.59 Å². The second kappa shape index (κ2) is 10.5. The molecule has 2 amide bonds. The van der Waals surface area contributed by atoms with Crippen molar-refractivity contribution in [3.63, 3.8) is 0 Å². The van der Waals surface area contributed by atoms with Crippen LogP contribution in [0.3, 0.4) is 0 Å². The van der Waals surface area contributed by atoms with Gasteiger partial charge in [0.15, 0.2) is 0 Å². The van der Waals surface area contributed by atoms with Crippen molar-refractivity contribution in [3.05, 3.63) is 23.8 Å². The molecule has 1 aliphatic rings. The molecule has 2 N–H and O–H groups in total. The summed E-state index contributed by atoms with van der Waals surface area (Å²) in [5, 5.41) is 5.92. The van der Waals surface area contributed by atoms with Crippen LogP contribution in [0.2, 0.25) is 0 Å². The van der Waals surface area contributed by atoms with Crippen LogP contribution in [0.5, 0.6) is 0 Å². The van der Waals surface area contributed by atoms with E-state index in [0.717, 1.165) is 38.0 Å². The SMILES string of the molecule is CCOCCCNC(=O)c1cc(NC(=O)C(C)(C)C)ccc1N1CCCCC1. The molecule has 1 fully saturated rings. The second-order valence-corrected chi connectivity index (χ2v) is 8.29. The summed E-state index contributed by atoms with van der Waals surface area (Å²) in [7, 11) is 0. The number of piperidine rings is 1. The van der Waals surface area contributed by atoms with E-state index in [1.54, 1.807) is 6.07 Å². The van der Waals surface area contributed by atoms with Crippen LogP contribution < -0.4 is 15.5 Å². The second-order valence-electron chi connectivity index (χ2n) is 8.29. The van der Waals surface area contributed by atoms with Crippen molar-refractivity contribution in [2.75, 3.05) is 43.1 Å². The molecule has 28 heavy (non-hydrogen) atoms. The van der Waals surface area contributed by atoms with Crippen molar-refractivity contribution in [2.24, 2.45) is 5.41 Å². The lowest BCUT2D eigenvalue weighted by atomic mass is 9.95. The van der Waals surface area contributed by atoms with E-state index in [-0.39, 0.29) is 11.8 Å². The van der Waals surface area contributed by atoms with Gasteiger partial charge in [-0.1, -0.05) is 20.8 Å². The highest BCUT2D eigenvalue weighted by molar-refractivity contribution is 6.02. The summed E-state index contributed by atoms with van der Waals surface area (Å²) in [5.74, 6) is -0.176. The number of rotatable bonds is 8. The first kappa shape index (κ1) is 22.2. The number of hydrogen-bond donors (Lipinski definition) is 2. The van der Waals surface area contributed by atoms with Gasteiger partial charge < -0.3 is 20.3 Å². The average molecular weight is 390 g/mol. The minimum Gasteiger partial charge on any atom is -0.382 e. The third kappa shape index (κ3) is 6.51. The maximum atomic E-state index is 12.9. The van der Waals surface area contributed by atoms with E-state index < -0.39 is 5.41 Å². The molecule has 6 nitrogen and oxygen atoms in total. The van der Waals surface area contributed by atoms with E-state index in [0.29, 0.717) is 31.0 Å². The molecule has 0 bridgehead atoms. The van der Waals surface area contributed by atoms with Crippen molar-refractivity contribution in [3.8, 4) is 0 Å². The lowest BCUT2D eigenvalue weighted by Gasteiger charge is -2.30. The molecule has 0 aliphatic carbocycles. The van der Waals surface area contributed by atoms with Crippen molar-refractivity contribution in [1.29, 1.82) is 0 Å². The number of ether oxygens (including phenoxy) is 1. The molecule has 0 radical (unpaired) electrons. The Hall–Kier alpha value is -2.08. The summed E-state index contributed by atoms with van der Waals surface area (Å²) in [6.07, 6.45) is 4.28. The molecule has 2 rings (SSSR count). The highest BCUT2D eigenvalue weighted by atomic mass is 16.5. The van der Waals surface area contributed by atoms with Gasteiger partial charge >= 0.3 is 0 Å². The highest BCUT2D eigenvalue weighted by Crippen LogP contribution is 2.28. The molecular weight excluding hydrogens is 354 g/mol. The largest absolute Gasteiger partial charge is 0.382 e. The fourth-order valence-electron chi connectivity index (χ4n) is 3.14. The van der Waals surface area contributed by atoms with Gasteiger partial charge in [0.1, 0.15) is 0 Å². The van der Waals surface area contributed by atoms with E-state index in [2.05, 4.69) is 15.5 Å². The Kier molecular flexibility index (Phi) is 8.30. The molecule has 1 heterocycles. The number of carbonyl (C=O) groups is 2. The minimum atomic E-state index is -0.493. The molecule has 156 valence electrons. The Morgan fingerprint density at radius 2 is 1.86 bits per heavy atom. The summed E-state index contributed by atoms with van der Waals surface area (Å²) in [6.45, 7) is 11.4. The Morgan fingerprint density at radius 1 is 1.14 bits per heavy atom. The summed E-state index contributed by atoms with van der Waals surface area (Å²) in [6, 6.07) is 5.64. The first-order valence-electron chi connectivity index (χ1n) is 10.4. The molecule has 6 heteroatoms. The van der Waals surface area contributed by atoms with E-state index >= 15 is 0 Å². The zero-order chi connectivity index (χ0) is 20.6. The molecular formula is C22H35N3O3. The summed E-state index contributed by atoms with van der Waals surface area (Å²) < 4.78 is 5.33. The van der Waals surface area contributed by atoms with Crippen LogP contribution in [0, 0.1) is 5.41 Å². The Morgan fingerprint density at radius 3 is 2.50 bits per heavy atom. The Bertz CT molecular complexity index is 661. The molecule has 1 aromatic carbocycles. The van der Waals surface area contributed by atoms with Crippen LogP contribution >= 0.6 is 0 Å². The normalized spacial score (nSPS) is 14.6. The molecule has 0 aromatic heterocycles. The zero-order valence-electron chi connectivity index (χ0n) is 17.8. The number of nitrogens with zero attached hydrogens (tertiary/aromatic N) is 1. The molecule has 1 aliphatic heterocycles. The van der Waals surface area contributed by atoms with E-state index in [1.807, 2.05) is 39.8 Å². The molecule has 1 aromatic rings. The van der Waals surface area contributed by atoms with Crippen molar-refractivity contribution in [2.45, 2.75) is 53.4 Å². The number of hydrogen-bond acceptors (Lipinski definition) is 4. The van der Waals surface area contributed by atoms with Gasteiger partial charge in [0.2, 0.25) is 5.91 Å². The van der Waals surface area contributed by atoms with Gasteiger partial charge in [-0.15, -0.1) is 0 Å². The van der Waals surface area contributed by atoms with Crippen LogP contribution in [-0.2, 0) is 9.53 Å².